The maximum absolute atomic E-state index is 6.07. The largest absolute Gasteiger partial charge is 0.368 e. The number of rotatable bonds is 2. The van der Waals surface area contributed by atoms with Gasteiger partial charge in [0.15, 0.2) is 0 Å². The molecule has 0 aliphatic heterocycles. The first-order chi connectivity index (χ1) is 8.74. The highest BCUT2D eigenvalue weighted by molar-refractivity contribution is 7.98. The molecule has 98 valence electrons. The highest BCUT2D eigenvalue weighted by Gasteiger charge is 2.49. The van der Waals surface area contributed by atoms with Crippen LogP contribution in [0.25, 0.3) is 0 Å². The summed E-state index contributed by atoms with van der Waals surface area (Å²) < 4.78 is 2.05. The molecule has 18 heavy (non-hydrogen) atoms. The van der Waals surface area contributed by atoms with E-state index >= 15 is 0 Å². The molecule has 0 unspecified atom stereocenters. The summed E-state index contributed by atoms with van der Waals surface area (Å²) in [5, 5.41) is 5.44. The van der Waals surface area contributed by atoms with Crippen LogP contribution in [0.4, 0.5) is 5.95 Å². The fraction of sp³-hybridized carbons (Fsp3) is 0.846. The molecule has 0 saturated heterocycles. The first kappa shape index (κ1) is 11.1. The van der Waals surface area contributed by atoms with Crippen LogP contribution in [0, 0.1) is 23.7 Å². The van der Waals surface area contributed by atoms with Crippen molar-refractivity contribution in [3.63, 3.8) is 0 Å². The Balaban J connectivity index is 1.69. The summed E-state index contributed by atoms with van der Waals surface area (Å²) >= 11 is 1.58. The average molecular weight is 264 g/mol. The number of nitrogens with zero attached hydrogens (tertiary/aromatic N) is 3. The molecule has 1 heterocycles. The van der Waals surface area contributed by atoms with Gasteiger partial charge < -0.3 is 5.73 Å². The smallest absolute Gasteiger partial charge is 0.219 e. The number of nitrogens with two attached hydrogens (primary N) is 1. The van der Waals surface area contributed by atoms with Crippen molar-refractivity contribution in [1.82, 2.24) is 14.8 Å². The summed E-state index contributed by atoms with van der Waals surface area (Å²) in [6.07, 6.45) is 9.08. The van der Waals surface area contributed by atoms with Crippen LogP contribution in [0.2, 0.25) is 0 Å². The van der Waals surface area contributed by atoms with Gasteiger partial charge in [0.1, 0.15) is 0 Å². The van der Waals surface area contributed by atoms with Crippen LogP contribution in [-0.4, -0.2) is 21.0 Å². The van der Waals surface area contributed by atoms with Gasteiger partial charge in [-0.1, -0.05) is 11.8 Å². The van der Waals surface area contributed by atoms with Crippen molar-refractivity contribution in [3.8, 4) is 0 Å². The highest BCUT2D eigenvalue weighted by atomic mass is 32.2. The van der Waals surface area contributed by atoms with E-state index in [0.717, 1.165) is 28.8 Å². The molecule has 5 heteroatoms. The van der Waals surface area contributed by atoms with Gasteiger partial charge in [-0.3, -0.25) is 0 Å². The van der Waals surface area contributed by atoms with E-state index < -0.39 is 0 Å². The van der Waals surface area contributed by atoms with E-state index in [0.29, 0.717) is 12.0 Å². The Morgan fingerprint density at radius 3 is 2.22 bits per heavy atom. The van der Waals surface area contributed by atoms with Crippen molar-refractivity contribution >= 4 is 17.7 Å². The van der Waals surface area contributed by atoms with Crippen LogP contribution in [0.3, 0.4) is 0 Å². The van der Waals surface area contributed by atoms with Crippen LogP contribution >= 0.6 is 11.8 Å². The molecule has 1 aromatic rings. The minimum atomic E-state index is 0.534. The van der Waals surface area contributed by atoms with Gasteiger partial charge in [-0.25, -0.2) is 4.68 Å². The van der Waals surface area contributed by atoms with Gasteiger partial charge >= 0.3 is 0 Å². The Labute approximate surface area is 112 Å². The first-order valence-electron chi connectivity index (χ1n) is 7.00. The van der Waals surface area contributed by atoms with Crippen molar-refractivity contribution in [1.29, 1.82) is 0 Å². The van der Waals surface area contributed by atoms with E-state index in [-0.39, 0.29) is 0 Å². The Morgan fingerprint density at radius 1 is 1.11 bits per heavy atom. The lowest BCUT2D eigenvalue weighted by Crippen LogP contribution is -2.46. The van der Waals surface area contributed by atoms with Gasteiger partial charge in [-0.2, -0.15) is 4.98 Å². The van der Waals surface area contributed by atoms with E-state index in [4.69, 9.17) is 5.73 Å². The number of anilines is 1. The first-order valence-corrected chi connectivity index (χ1v) is 8.23. The van der Waals surface area contributed by atoms with Gasteiger partial charge in [-0.05, 0) is 62.0 Å². The maximum atomic E-state index is 6.07. The van der Waals surface area contributed by atoms with E-state index in [2.05, 4.69) is 14.8 Å². The van der Waals surface area contributed by atoms with Gasteiger partial charge in [0.05, 0.1) is 6.04 Å². The molecule has 4 saturated carbocycles. The lowest BCUT2D eigenvalue weighted by Gasteiger charge is -2.54. The predicted octanol–water partition coefficient (Wildman–Crippen LogP) is 2.58. The molecule has 0 amide bonds. The SMILES string of the molecule is CSc1nc(N)n(C2C3CC4CC(C3)CC2C4)n1. The Morgan fingerprint density at radius 2 is 1.72 bits per heavy atom. The van der Waals surface area contributed by atoms with Gasteiger partial charge in [-0.15, -0.1) is 5.10 Å². The predicted molar refractivity (Wildman–Crippen MR) is 72.3 cm³/mol. The third-order valence-corrected chi connectivity index (χ3v) is 5.82. The summed E-state index contributed by atoms with van der Waals surface area (Å²) in [4.78, 5) is 4.35. The second kappa shape index (κ2) is 3.89. The Hall–Kier alpha value is -0.710. The molecule has 4 bridgehead atoms. The molecule has 4 aliphatic rings. The maximum Gasteiger partial charge on any atom is 0.219 e. The standard InChI is InChI=1S/C13H20N4S/c1-18-13-15-12(14)17(16-13)11-9-3-7-2-8(5-9)6-10(11)4-7/h7-11H,2-6H2,1H3,(H2,14,15,16). The van der Waals surface area contributed by atoms with Crippen molar-refractivity contribution in [2.75, 3.05) is 12.0 Å². The number of aromatic nitrogens is 3. The molecule has 5 rings (SSSR count). The third kappa shape index (κ3) is 1.52. The van der Waals surface area contributed by atoms with Crippen LogP contribution in [-0.2, 0) is 0 Å². The molecular formula is C13H20N4S. The number of nitrogen functional groups attached to an aromatic ring is 1. The molecule has 4 nitrogen and oxygen atoms in total. The zero-order chi connectivity index (χ0) is 12.3. The van der Waals surface area contributed by atoms with Crippen molar-refractivity contribution in [2.45, 2.75) is 43.3 Å². The summed E-state index contributed by atoms with van der Waals surface area (Å²) in [5.74, 6) is 4.22. The average Bonchev–Trinajstić information content (AvgIpc) is 2.69. The number of thioether (sulfide) groups is 1. The normalized spacial score (nSPS) is 41.5. The van der Waals surface area contributed by atoms with Gasteiger partial charge in [0, 0.05) is 0 Å². The molecule has 0 aromatic carbocycles. The van der Waals surface area contributed by atoms with Gasteiger partial charge in [0.2, 0.25) is 11.1 Å². The van der Waals surface area contributed by atoms with Crippen LogP contribution in [0.1, 0.15) is 38.1 Å². The quantitative estimate of drug-likeness (QED) is 0.834. The zero-order valence-corrected chi connectivity index (χ0v) is 11.6. The zero-order valence-electron chi connectivity index (χ0n) is 10.7. The Kier molecular flexibility index (Phi) is 2.41. The topological polar surface area (TPSA) is 56.7 Å². The van der Waals surface area contributed by atoms with E-state index in [1.165, 1.54) is 32.1 Å². The lowest BCUT2D eigenvalue weighted by atomic mass is 9.54. The highest BCUT2D eigenvalue weighted by Crippen LogP contribution is 2.58. The van der Waals surface area contributed by atoms with E-state index in [9.17, 15) is 0 Å². The third-order valence-electron chi connectivity index (χ3n) is 5.28. The second-order valence-corrected chi connectivity index (χ2v) is 7.10. The van der Waals surface area contributed by atoms with Crippen molar-refractivity contribution in [3.05, 3.63) is 0 Å². The van der Waals surface area contributed by atoms with Crippen LogP contribution < -0.4 is 5.73 Å². The number of hydrogen-bond donors (Lipinski definition) is 1. The molecule has 1 aromatic heterocycles. The van der Waals surface area contributed by atoms with E-state index in [1.807, 2.05) is 6.26 Å². The minimum absolute atomic E-state index is 0.534. The summed E-state index contributed by atoms with van der Waals surface area (Å²) in [6, 6.07) is 0.534. The molecule has 2 N–H and O–H groups in total. The second-order valence-electron chi connectivity index (χ2n) is 6.32. The molecule has 0 spiro atoms. The molecular weight excluding hydrogens is 244 g/mol. The molecule has 0 atom stereocenters. The summed E-state index contributed by atoms with van der Waals surface area (Å²) in [6.45, 7) is 0. The fourth-order valence-electron chi connectivity index (χ4n) is 4.92. The summed E-state index contributed by atoms with van der Waals surface area (Å²) in [7, 11) is 0. The van der Waals surface area contributed by atoms with Crippen LogP contribution in [0.5, 0.6) is 0 Å². The molecule has 4 aliphatic carbocycles. The van der Waals surface area contributed by atoms with Gasteiger partial charge in [0.25, 0.3) is 0 Å². The van der Waals surface area contributed by atoms with Crippen LogP contribution in [0.15, 0.2) is 5.16 Å². The minimum Gasteiger partial charge on any atom is -0.368 e. The van der Waals surface area contributed by atoms with E-state index in [1.54, 1.807) is 11.8 Å². The monoisotopic (exact) mass is 264 g/mol. The van der Waals surface area contributed by atoms with Crippen molar-refractivity contribution in [2.24, 2.45) is 23.7 Å². The molecule has 0 radical (unpaired) electrons. The summed E-state index contributed by atoms with van der Waals surface area (Å²) in [5.41, 5.74) is 6.07. The van der Waals surface area contributed by atoms with Crippen molar-refractivity contribution < 1.29 is 0 Å². The number of hydrogen-bond acceptors (Lipinski definition) is 4. The fourth-order valence-corrected chi connectivity index (χ4v) is 5.27. The Bertz CT molecular complexity index is 442. The lowest BCUT2D eigenvalue weighted by molar-refractivity contribution is -0.0331. The molecule has 4 fully saturated rings.